The largest absolute Gasteiger partial charge is 0.380 e. The summed E-state index contributed by atoms with van der Waals surface area (Å²) >= 11 is 0. The number of rotatable bonds is 2. The molecule has 3 heteroatoms. The Morgan fingerprint density at radius 1 is 1.21 bits per heavy atom. The first-order valence-electron chi connectivity index (χ1n) is 5.89. The minimum Gasteiger partial charge on any atom is -0.380 e. The van der Waals surface area contributed by atoms with Crippen molar-refractivity contribution in [1.82, 2.24) is 4.90 Å². The van der Waals surface area contributed by atoms with Crippen LogP contribution in [0.15, 0.2) is 0 Å². The van der Waals surface area contributed by atoms with Crippen LogP contribution < -0.4 is 5.73 Å². The van der Waals surface area contributed by atoms with Gasteiger partial charge in [-0.3, -0.25) is 4.90 Å². The Bertz CT molecular complexity index is 215. The summed E-state index contributed by atoms with van der Waals surface area (Å²) in [4.78, 5) is 2.53. The highest BCUT2D eigenvalue weighted by Crippen LogP contribution is 2.43. The molecule has 1 saturated carbocycles. The molecule has 1 unspecified atom stereocenters. The van der Waals surface area contributed by atoms with Crippen LogP contribution in [0.4, 0.5) is 0 Å². The number of nitrogens with two attached hydrogens (primary N) is 1. The maximum atomic E-state index is 6.32. The fourth-order valence-electron chi connectivity index (χ4n) is 2.90. The van der Waals surface area contributed by atoms with E-state index in [0.29, 0.717) is 6.04 Å². The molecule has 0 aromatic carbocycles. The molecule has 0 aromatic rings. The summed E-state index contributed by atoms with van der Waals surface area (Å²) in [6.07, 6.45) is 5.26. The molecular formula is C11H20N2O. The van der Waals surface area contributed by atoms with Gasteiger partial charge >= 0.3 is 0 Å². The summed E-state index contributed by atoms with van der Waals surface area (Å²) in [5, 5.41) is 0. The van der Waals surface area contributed by atoms with Gasteiger partial charge < -0.3 is 10.5 Å². The highest BCUT2D eigenvalue weighted by Gasteiger charge is 2.51. The highest BCUT2D eigenvalue weighted by atomic mass is 16.5. The van der Waals surface area contributed by atoms with Crippen molar-refractivity contribution < 1.29 is 4.74 Å². The average molecular weight is 196 g/mol. The van der Waals surface area contributed by atoms with E-state index in [4.69, 9.17) is 10.5 Å². The summed E-state index contributed by atoms with van der Waals surface area (Å²) in [5.41, 5.74) is 6.50. The molecule has 1 aliphatic carbocycles. The number of hydrogen-bond acceptors (Lipinski definition) is 3. The van der Waals surface area contributed by atoms with Crippen LogP contribution in [0.1, 0.15) is 25.7 Å². The van der Waals surface area contributed by atoms with Gasteiger partial charge in [0.2, 0.25) is 0 Å². The molecule has 0 radical (unpaired) electrons. The molecule has 2 aliphatic heterocycles. The first-order chi connectivity index (χ1) is 6.78. The number of likely N-dealkylation sites (tertiary alicyclic amines) is 1. The van der Waals surface area contributed by atoms with Crippen molar-refractivity contribution in [3.05, 3.63) is 0 Å². The topological polar surface area (TPSA) is 38.5 Å². The Morgan fingerprint density at radius 2 is 2.00 bits per heavy atom. The van der Waals surface area contributed by atoms with Crippen LogP contribution in [0.3, 0.4) is 0 Å². The molecule has 0 bridgehead atoms. The standard InChI is InChI=1S/C11H20N2O/c12-11(9-3-4-9)7-13(8-11)10-2-1-5-14-6-10/h9-10H,1-8,12H2. The Hall–Kier alpha value is -0.120. The first kappa shape index (κ1) is 9.13. The van der Waals surface area contributed by atoms with Gasteiger partial charge in [-0.25, -0.2) is 0 Å². The number of ether oxygens (including phenoxy) is 1. The lowest BCUT2D eigenvalue weighted by molar-refractivity contribution is -0.0465. The van der Waals surface area contributed by atoms with E-state index in [0.717, 1.165) is 32.2 Å². The van der Waals surface area contributed by atoms with Crippen LogP contribution in [-0.4, -0.2) is 42.8 Å². The SMILES string of the molecule is NC1(C2CC2)CN(C2CCCOC2)C1. The summed E-state index contributed by atoms with van der Waals surface area (Å²) in [5.74, 6) is 0.836. The Morgan fingerprint density at radius 3 is 2.57 bits per heavy atom. The van der Waals surface area contributed by atoms with Gasteiger partial charge in [0.15, 0.2) is 0 Å². The zero-order valence-electron chi connectivity index (χ0n) is 8.74. The van der Waals surface area contributed by atoms with Crippen molar-refractivity contribution in [2.45, 2.75) is 37.3 Å². The van der Waals surface area contributed by atoms with Crippen molar-refractivity contribution in [3.8, 4) is 0 Å². The van der Waals surface area contributed by atoms with Gasteiger partial charge in [-0.05, 0) is 31.6 Å². The van der Waals surface area contributed by atoms with Gasteiger partial charge in [0.1, 0.15) is 0 Å². The minimum absolute atomic E-state index is 0.178. The maximum Gasteiger partial charge on any atom is 0.0621 e. The molecule has 3 aliphatic rings. The van der Waals surface area contributed by atoms with Gasteiger partial charge in [-0.1, -0.05) is 0 Å². The Labute approximate surface area is 85.6 Å². The van der Waals surface area contributed by atoms with Gasteiger partial charge in [-0.15, -0.1) is 0 Å². The van der Waals surface area contributed by atoms with E-state index in [1.54, 1.807) is 0 Å². The summed E-state index contributed by atoms with van der Waals surface area (Å²) < 4.78 is 5.50. The molecule has 0 aromatic heterocycles. The lowest BCUT2D eigenvalue weighted by atomic mass is 9.84. The second-order valence-corrected chi connectivity index (χ2v) is 5.28. The van der Waals surface area contributed by atoms with Crippen molar-refractivity contribution in [2.24, 2.45) is 11.7 Å². The molecule has 0 amide bonds. The fraction of sp³-hybridized carbons (Fsp3) is 1.00. The van der Waals surface area contributed by atoms with Crippen LogP contribution in [0.5, 0.6) is 0 Å². The maximum absolute atomic E-state index is 6.32. The van der Waals surface area contributed by atoms with E-state index in [1.807, 2.05) is 0 Å². The second kappa shape index (κ2) is 3.19. The molecule has 3 fully saturated rings. The van der Waals surface area contributed by atoms with E-state index in [9.17, 15) is 0 Å². The quantitative estimate of drug-likeness (QED) is 0.702. The molecule has 0 spiro atoms. The van der Waals surface area contributed by atoms with Gasteiger partial charge in [0, 0.05) is 31.3 Å². The molecule has 3 nitrogen and oxygen atoms in total. The average Bonchev–Trinajstić information content (AvgIpc) is 2.98. The molecule has 80 valence electrons. The smallest absolute Gasteiger partial charge is 0.0621 e. The third kappa shape index (κ3) is 1.47. The molecule has 3 rings (SSSR count). The van der Waals surface area contributed by atoms with Crippen LogP contribution in [0, 0.1) is 5.92 Å². The van der Waals surface area contributed by atoms with Crippen molar-refractivity contribution in [3.63, 3.8) is 0 Å². The Balaban J connectivity index is 1.52. The zero-order chi connectivity index (χ0) is 9.60. The van der Waals surface area contributed by atoms with E-state index in [1.165, 1.54) is 25.7 Å². The van der Waals surface area contributed by atoms with E-state index < -0.39 is 0 Å². The van der Waals surface area contributed by atoms with Crippen molar-refractivity contribution in [1.29, 1.82) is 0 Å². The van der Waals surface area contributed by atoms with E-state index >= 15 is 0 Å². The Kier molecular flexibility index (Phi) is 2.08. The van der Waals surface area contributed by atoms with Crippen molar-refractivity contribution in [2.75, 3.05) is 26.3 Å². The summed E-state index contributed by atoms with van der Waals surface area (Å²) in [6, 6.07) is 0.666. The predicted octanol–water partition coefficient (Wildman–Crippen LogP) is 0.588. The minimum atomic E-state index is 0.178. The molecule has 1 atom stereocenters. The third-order valence-corrected chi connectivity index (χ3v) is 4.04. The molecule has 14 heavy (non-hydrogen) atoms. The van der Waals surface area contributed by atoms with Crippen LogP contribution in [0.25, 0.3) is 0 Å². The molecule has 2 N–H and O–H groups in total. The normalized spacial score (nSPS) is 37.9. The van der Waals surface area contributed by atoms with Crippen LogP contribution >= 0.6 is 0 Å². The summed E-state index contributed by atoms with van der Waals surface area (Å²) in [7, 11) is 0. The zero-order valence-corrected chi connectivity index (χ0v) is 8.74. The summed E-state index contributed by atoms with van der Waals surface area (Å²) in [6.45, 7) is 4.12. The fourth-order valence-corrected chi connectivity index (χ4v) is 2.90. The van der Waals surface area contributed by atoms with E-state index in [2.05, 4.69) is 4.90 Å². The second-order valence-electron chi connectivity index (χ2n) is 5.28. The number of hydrogen-bond donors (Lipinski definition) is 1. The molecule has 2 saturated heterocycles. The predicted molar refractivity (Wildman–Crippen MR) is 55.1 cm³/mol. The van der Waals surface area contributed by atoms with Crippen LogP contribution in [-0.2, 0) is 4.74 Å². The third-order valence-electron chi connectivity index (χ3n) is 4.04. The van der Waals surface area contributed by atoms with Gasteiger partial charge in [-0.2, -0.15) is 0 Å². The highest BCUT2D eigenvalue weighted by molar-refractivity contribution is 5.10. The molecular weight excluding hydrogens is 176 g/mol. The van der Waals surface area contributed by atoms with E-state index in [-0.39, 0.29) is 5.54 Å². The lowest BCUT2D eigenvalue weighted by Crippen LogP contribution is -2.71. The number of nitrogens with zero attached hydrogens (tertiary/aromatic N) is 1. The molecule has 2 heterocycles. The lowest BCUT2D eigenvalue weighted by Gasteiger charge is -2.52. The van der Waals surface area contributed by atoms with Gasteiger partial charge in [0.25, 0.3) is 0 Å². The first-order valence-corrected chi connectivity index (χ1v) is 5.89. The van der Waals surface area contributed by atoms with Crippen LogP contribution in [0.2, 0.25) is 0 Å². The van der Waals surface area contributed by atoms with Gasteiger partial charge in [0.05, 0.1) is 6.61 Å². The monoisotopic (exact) mass is 196 g/mol. The van der Waals surface area contributed by atoms with Crippen molar-refractivity contribution >= 4 is 0 Å².